The van der Waals surface area contributed by atoms with Crippen LogP contribution in [0.15, 0.2) is 18.7 Å². The highest BCUT2D eigenvalue weighted by Gasteiger charge is 2.26. The van der Waals surface area contributed by atoms with E-state index in [9.17, 15) is 4.79 Å². The van der Waals surface area contributed by atoms with Crippen molar-refractivity contribution in [1.82, 2.24) is 9.55 Å². The third kappa shape index (κ3) is 3.95. The summed E-state index contributed by atoms with van der Waals surface area (Å²) in [5, 5.41) is 8.89. The van der Waals surface area contributed by atoms with Gasteiger partial charge in [-0.15, -0.1) is 11.8 Å². The summed E-state index contributed by atoms with van der Waals surface area (Å²) in [6.07, 6.45) is 6.38. The Morgan fingerprint density at radius 2 is 2.33 bits per heavy atom. The number of carbonyl (C=O) groups is 1. The molecule has 1 rings (SSSR count). The summed E-state index contributed by atoms with van der Waals surface area (Å²) in [4.78, 5) is 14.7. The second-order valence-corrected chi connectivity index (χ2v) is 5.54. The Hall–Kier alpha value is -0.970. The second kappa shape index (κ2) is 5.21. The molecule has 0 aliphatic heterocycles. The molecule has 1 aromatic heterocycles. The van der Waals surface area contributed by atoms with Crippen molar-refractivity contribution in [2.75, 3.05) is 5.75 Å². The molecule has 0 bridgehead atoms. The lowest BCUT2D eigenvalue weighted by Crippen LogP contribution is -2.27. The lowest BCUT2D eigenvalue weighted by atomic mass is 10.2. The van der Waals surface area contributed by atoms with E-state index in [1.165, 1.54) is 11.8 Å². The van der Waals surface area contributed by atoms with Gasteiger partial charge in [0, 0.05) is 18.9 Å². The molecule has 0 aromatic carbocycles. The highest BCUT2D eigenvalue weighted by atomic mass is 32.2. The van der Waals surface area contributed by atoms with Crippen molar-refractivity contribution in [3.05, 3.63) is 18.7 Å². The number of rotatable bonds is 6. The van der Waals surface area contributed by atoms with Crippen LogP contribution in [-0.2, 0) is 11.3 Å². The molecule has 4 nitrogen and oxygen atoms in total. The van der Waals surface area contributed by atoms with Crippen LogP contribution < -0.4 is 0 Å². The molecule has 0 amide bonds. The van der Waals surface area contributed by atoms with Crippen LogP contribution in [-0.4, -0.2) is 31.1 Å². The van der Waals surface area contributed by atoms with Crippen LogP contribution in [0.5, 0.6) is 0 Å². The Labute approximate surface area is 93.7 Å². The van der Waals surface area contributed by atoms with Gasteiger partial charge >= 0.3 is 5.97 Å². The molecule has 15 heavy (non-hydrogen) atoms. The van der Waals surface area contributed by atoms with Crippen molar-refractivity contribution in [3.63, 3.8) is 0 Å². The number of aryl methyl sites for hydroxylation is 1. The average Bonchev–Trinajstić information content (AvgIpc) is 2.64. The predicted octanol–water partition coefficient (Wildman–Crippen LogP) is 1.87. The fraction of sp³-hybridized carbons (Fsp3) is 0.600. The van der Waals surface area contributed by atoms with E-state index < -0.39 is 10.7 Å². The molecular weight excluding hydrogens is 212 g/mol. The summed E-state index contributed by atoms with van der Waals surface area (Å²) < 4.78 is 1.31. The van der Waals surface area contributed by atoms with E-state index >= 15 is 0 Å². The van der Waals surface area contributed by atoms with Gasteiger partial charge in [-0.3, -0.25) is 4.79 Å². The first-order valence-electron chi connectivity index (χ1n) is 4.85. The number of aromatic nitrogens is 2. The van der Waals surface area contributed by atoms with Crippen molar-refractivity contribution in [3.8, 4) is 0 Å². The zero-order chi connectivity index (χ0) is 11.3. The normalized spacial score (nSPS) is 11.6. The number of aliphatic carboxylic acids is 1. The molecule has 0 spiro atoms. The van der Waals surface area contributed by atoms with Crippen molar-refractivity contribution >= 4 is 17.7 Å². The summed E-state index contributed by atoms with van der Waals surface area (Å²) in [5.74, 6) is 0.0902. The molecule has 0 fully saturated rings. The van der Waals surface area contributed by atoms with Gasteiger partial charge in [0.25, 0.3) is 0 Å². The van der Waals surface area contributed by atoms with E-state index in [0.717, 1.165) is 18.7 Å². The molecule has 0 unspecified atom stereocenters. The van der Waals surface area contributed by atoms with Gasteiger partial charge in [-0.2, -0.15) is 0 Å². The molecule has 84 valence electrons. The van der Waals surface area contributed by atoms with E-state index in [0.29, 0.717) is 0 Å². The van der Waals surface area contributed by atoms with Crippen LogP contribution in [0.25, 0.3) is 0 Å². The minimum atomic E-state index is -0.755. The topological polar surface area (TPSA) is 55.1 Å². The van der Waals surface area contributed by atoms with Crippen molar-refractivity contribution < 1.29 is 9.90 Å². The SMILES string of the molecule is CC(C)(SCCCn1ccnc1)C(=O)O. The molecular formula is C10H16N2O2S. The Balaban J connectivity index is 2.19. The fourth-order valence-electron chi connectivity index (χ4n) is 1.06. The number of thioether (sulfide) groups is 1. The maximum absolute atomic E-state index is 10.8. The Morgan fingerprint density at radius 1 is 1.60 bits per heavy atom. The van der Waals surface area contributed by atoms with Crippen molar-refractivity contribution in [1.29, 1.82) is 0 Å². The molecule has 5 heteroatoms. The third-order valence-electron chi connectivity index (χ3n) is 2.10. The van der Waals surface area contributed by atoms with Crippen LogP contribution in [0.1, 0.15) is 20.3 Å². The Bertz CT molecular complexity index is 309. The van der Waals surface area contributed by atoms with Gasteiger partial charge in [0.05, 0.1) is 6.33 Å². The van der Waals surface area contributed by atoms with Crippen LogP contribution in [0.4, 0.5) is 0 Å². The summed E-state index contributed by atoms with van der Waals surface area (Å²) in [6.45, 7) is 4.36. The van der Waals surface area contributed by atoms with E-state index in [4.69, 9.17) is 5.11 Å². The van der Waals surface area contributed by atoms with E-state index in [1.54, 1.807) is 26.4 Å². The van der Waals surface area contributed by atoms with Gasteiger partial charge in [-0.25, -0.2) is 4.98 Å². The van der Waals surface area contributed by atoms with Gasteiger partial charge in [0.1, 0.15) is 4.75 Å². The number of carboxylic acid groups (broad SMARTS) is 1. The van der Waals surface area contributed by atoms with Gasteiger partial charge in [0.2, 0.25) is 0 Å². The largest absolute Gasteiger partial charge is 0.480 e. The highest BCUT2D eigenvalue weighted by Crippen LogP contribution is 2.25. The number of carboxylic acids is 1. The molecule has 0 radical (unpaired) electrons. The van der Waals surface area contributed by atoms with Crippen molar-refractivity contribution in [2.45, 2.75) is 31.6 Å². The standard InChI is InChI=1S/C10H16N2O2S/c1-10(2,9(13)14)15-7-3-5-12-6-4-11-8-12/h4,6,8H,3,5,7H2,1-2H3,(H,13,14). The van der Waals surface area contributed by atoms with Gasteiger partial charge in [-0.05, 0) is 26.0 Å². The molecule has 0 saturated heterocycles. The minimum Gasteiger partial charge on any atom is -0.480 e. The lowest BCUT2D eigenvalue weighted by molar-refractivity contribution is -0.138. The van der Waals surface area contributed by atoms with E-state index in [-0.39, 0.29) is 0 Å². The average molecular weight is 228 g/mol. The summed E-state index contributed by atoms with van der Waals surface area (Å²) >= 11 is 1.48. The molecule has 0 saturated carbocycles. The molecule has 1 N–H and O–H groups in total. The maximum atomic E-state index is 10.8. The van der Waals surface area contributed by atoms with Gasteiger partial charge in [-0.1, -0.05) is 0 Å². The van der Waals surface area contributed by atoms with Crippen LogP contribution >= 0.6 is 11.8 Å². The van der Waals surface area contributed by atoms with Gasteiger partial charge < -0.3 is 9.67 Å². The molecule has 0 aliphatic carbocycles. The minimum absolute atomic E-state index is 0.686. The summed E-state index contributed by atoms with van der Waals surface area (Å²) in [6, 6.07) is 0. The highest BCUT2D eigenvalue weighted by molar-refractivity contribution is 8.01. The fourth-order valence-corrected chi connectivity index (χ4v) is 1.96. The summed E-state index contributed by atoms with van der Waals surface area (Å²) in [7, 11) is 0. The third-order valence-corrected chi connectivity index (χ3v) is 3.49. The van der Waals surface area contributed by atoms with Crippen molar-refractivity contribution in [2.24, 2.45) is 0 Å². The number of hydrogen-bond donors (Lipinski definition) is 1. The lowest BCUT2D eigenvalue weighted by Gasteiger charge is -2.18. The number of hydrogen-bond acceptors (Lipinski definition) is 3. The first-order valence-corrected chi connectivity index (χ1v) is 5.84. The number of nitrogens with zero attached hydrogens (tertiary/aromatic N) is 2. The molecule has 1 heterocycles. The quantitative estimate of drug-likeness (QED) is 0.755. The predicted molar refractivity (Wildman–Crippen MR) is 61.0 cm³/mol. The van der Waals surface area contributed by atoms with E-state index in [2.05, 4.69) is 4.98 Å². The van der Waals surface area contributed by atoms with Gasteiger partial charge in [0.15, 0.2) is 0 Å². The summed E-state index contributed by atoms with van der Waals surface area (Å²) in [5.41, 5.74) is 0. The smallest absolute Gasteiger partial charge is 0.319 e. The zero-order valence-corrected chi connectivity index (χ0v) is 9.83. The molecule has 0 aliphatic rings. The second-order valence-electron chi connectivity index (χ2n) is 3.82. The Kier molecular flexibility index (Phi) is 4.20. The first kappa shape index (κ1) is 12.1. The molecule has 0 atom stereocenters. The van der Waals surface area contributed by atoms with E-state index in [1.807, 2.05) is 10.8 Å². The first-order chi connectivity index (χ1) is 7.02. The maximum Gasteiger partial charge on any atom is 0.319 e. The monoisotopic (exact) mass is 228 g/mol. The Morgan fingerprint density at radius 3 is 2.87 bits per heavy atom. The number of imidazole rings is 1. The van der Waals surface area contributed by atoms with Crippen LogP contribution in [0.2, 0.25) is 0 Å². The van der Waals surface area contributed by atoms with Crippen LogP contribution in [0, 0.1) is 0 Å². The van der Waals surface area contributed by atoms with Crippen LogP contribution in [0.3, 0.4) is 0 Å². The zero-order valence-electron chi connectivity index (χ0n) is 9.01. The molecule has 1 aromatic rings.